The van der Waals surface area contributed by atoms with Crippen molar-refractivity contribution in [3.05, 3.63) is 70.9 Å². The van der Waals surface area contributed by atoms with Gasteiger partial charge in [-0.3, -0.25) is 0 Å². The van der Waals surface area contributed by atoms with E-state index >= 15 is 0 Å². The second-order valence-electron chi connectivity index (χ2n) is 7.87. The van der Waals surface area contributed by atoms with Crippen molar-refractivity contribution in [2.24, 2.45) is 10.7 Å². The van der Waals surface area contributed by atoms with E-state index in [9.17, 15) is 13.2 Å². The van der Waals surface area contributed by atoms with Crippen LogP contribution in [0.15, 0.2) is 70.2 Å². The van der Waals surface area contributed by atoms with Gasteiger partial charge in [0.05, 0.1) is 10.6 Å². The monoisotopic (exact) mass is 530 g/mol. The highest BCUT2D eigenvalue weighted by molar-refractivity contribution is 7.98. The number of sulfone groups is 1. The molecule has 3 aromatic rings. The van der Waals surface area contributed by atoms with Crippen molar-refractivity contribution in [1.82, 2.24) is 9.36 Å². The maximum absolute atomic E-state index is 12.3. The number of rotatable bonds is 9. The van der Waals surface area contributed by atoms with Crippen molar-refractivity contribution in [2.45, 2.75) is 24.7 Å². The standard InChI is InChI=1S/C24H26N4O4S3/c1-15(2)18-10-5-6-11-20(18)26-21(13-19(25)24(29)32-14-33-3)23-27-22(28-34-23)16-8-7-9-17(12-16)35(4,30)31/h5-13,15H,14,25H2,1-4H3. The van der Waals surface area contributed by atoms with Gasteiger partial charge in [0.1, 0.15) is 17.3 Å². The summed E-state index contributed by atoms with van der Waals surface area (Å²) in [6.45, 7) is 4.13. The lowest BCUT2D eigenvalue weighted by molar-refractivity contribution is -0.136. The molecule has 0 unspecified atom stereocenters. The highest BCUT2D eigenvalue weighted by Gasteiger charge is 2.17. The van der Waals surface area contributed by atoms with Crippen LogP contribution in [0.2, 0.25) is 0 Å². The quantitative estimate of drug-likeness (QED) is 0.185. The normalized spacial score (nSPS) is 12.7. The second-order valence-corrected chi connectivity index (χ2v) is 11.5. The number of esters is 1. The summed E-state index contributed by atoms with van der Waals surface area (Å²) in [6, 6.07) is 14.1. The first-order valence-corrected chi connectivity index (χ1v) is 14.6. The molecule has 1 aromatic heterocycles. The van der Waals surface area contributed by atoms with Gasteiger partial charge in [-0.15, -0.1) is 11.8 Å². The van der Waals surface area contributed by atoms with E-state index in [4.69, 9.17) is 15.5 Å². The molecule has 0 spiro atoms. The summed E-state index contributed by atoms with van der Waals surface area (Å²) in [4.78, 5) is 21.8. The van der Waals surface area contributed by atoms with Gasteiger partial charge in [-0.1, -0.05) is 44.2 Å². The lowest BCUT2D eigenvalue weighted by Gasteiger charge is -2.10. The summed E-state index contributed by atoms with van der Waals surface area (Å²) in [6.07, 6.45) is 4.38. The maximum Gasteiger partial charge on any atom is 0.355 e. The maximum atomic E-state index is 12.3. The van der Waals surface area contributed by atoms with Crippen LogP contribution >= 0.6 is 23.3 Å². The van der Waals surface area contributed by atoms with Gasteiger partial charge in [-0.2, -0.15) is 4.37 Å². The molecule has 184 valence electrons. The van der Waals surface area contributed by atoms with E-state index in [0.29, 0.717) is 22.1 Å². The van der Waals surface area contributed by atoms with Crippen molar-refractivity contribution in [1.29, 1.82) is 0 Å². The number of carbonyl (C=O) groups excluding carboxylic acids is 1. The van der Waals surface area contributed by atoms with Gasteiger partial charge in [0.2, 0.25) is 0 Å². The Morgan fingerprint density at radius 1 is 1.23 bits per heavy atom. The SMILES string of the molecule is CSCOC(=O)C(N)=CC(=Nc1ccccc1C(C)C)c1nc(-c2cccc(S(C)(=O)=O)c2)ns1. The molecule has 2 aromatic carbocycles. The van der Waals surface area contributed by atoms with Gasteiger partial charge >= 0.3 is 5.97 Å². The van der Waals surface area contributed by atoms with Crippen LogP contribution in [0.1, 0.15) is 30.3 Å². The first kappa shape index (κ1) is 26.6. The number of para-hydroxylation sites is 1. The van der Waals surface area contributed by atoms with E-state index in [1.54, 1.807) is 12.1 Å². The number of carbonyl (C=O) groups is 1. The van der Waals surface area contributed by atoms with E-state index in [1.165, 1.54) is 30.0 Å². The average Bonchev–Trinajstić information content (AvgIpc) is 3.32. The van der Waals surface area contributed by atoms with E-state index in [2.05, 4.69) is 23.2 Å². The Bertz CT molecular complexity index is 1380. The van der Waals surface area contributed by atoms with Gasteiger partial charge in [0, 0.05) is 11.8 Å². The highest BCUT2D eigenvalue weighted by Crippen LogP contribution is 2.28. The molecule has 0 saturated carbocycles. The molecule has 0 aliphatic rings. The highest BCUT2D eigenvalue weighted by atomic mass is 32.2. The van der Waals surface area contributed by atoms with Crippen LogP contribution in [0.25, 0.3) is 11.4 Å². The summed E-state index contributed by atoms with van der Waals surface area (Å²) in [5, 5.41) is 0.420. The summed E-state index contributed by atoms with van der Waals surface area (Å²) in [5.74, 6) is 0.0789. The number of benzene rings is 2. The number of aromatic nitrogens is 2. The number of hydrogen-bond acceptors (Lipinski definition) is 10. The molecule has 0 atom stereocenters. The molecule has 35 heavy (non-hydrogen) atoms. The predicted octanol–water partition coefficient (Wildman–Crippen LogP) is 4.56. The predicted molar refractivity (Wildman–Crippen MR) is 142 cm³/mol. The van der Waals surface area contributed by atoms with Gasteiger partial charge in [-0.05, 0) is 53.5 Å². The Kier molecular flexibility index (Phi) is 8.82. The van der Waals surface area contributed by atoms with Crippen molar-refractivity contribution in [2.75, 3.05) is 18.5 Å². The summed E-state index contributed by atoms with van der Waals surface area (Å²) in [5.41, 5.74) is 8.54. The Hall–Kier alpha value is -3.02. The van der Waals surface area contributed by atoms with E-state index in [1.807, 2.05) is 30.5 Å². The molecule has 0 amide bonds. The number of hydrogen-bond donors (Lipinski definition) is 1. The minimum absolute atomic E-state index is 0.115. The summed E-state index contributed by atoms with van der Waals surface area (Å²) >= 11 is 2.43. The zero-order chi connectivity index (χ0) is 25.6. The minimum Gasteiger partial charge on any atom is -0.450 e. The third kappa shape index (κ3) is 7.00. The van der Waals surface area contributed by atoms with Crippen LogP contribution in [-0.4, -0.2) is 47.9 Å². The largest absolute Gasteiger partial charge is 0.450 e. The summed E-state index contributed by atoms with van der Waals surface area (Å²) < 4.78 is 33.4. The first-order chi connectivity index (χ1) is 16.6. The van der Waals surface area contributed by atoms with Crippen LogP contribution in [0.4, 0.5) is 5.69 Å². The number of thioether (sulfide) groups is 1. The van der Waals surface area contributed by atoms with Crippen LogP contribution in [-0.2, 0) is 19.4 Å². The third-order valence-corrected chi connectivity index (χ3v) is 7.00. The fourth-order valence-electron chi connectivity index (χ4n) is 3.06. The van der Waals surface area contributed by atoms with Gasteiger partial charge in [-0.25, -0.2) is 23.2 Å². The second kappa shape index (κ2) is 11.6. The van der Waals surface area contributed by atoms with Crippen molar-refractivity contribution in [3.8, 4) is 11.4 Å². The molecule has 11 heteroatoms. The van der Waals surface area contributed by atoms with Crippen LogP contribution in [0, 0.1) is 0 Å². The summed E-state index contributed by atoms with van der Waals surface area (Å²) in [7, 11) is -3.38. The van der Waals surface area contributed by atoms with E-state index in [-0.39, 0.29) is 22.4 Å². The third-order valence-electron chi connectivity index (χ3n) is 4.80. The molecule has 0 bridgehead atoms. The zero-order valence-electron chi connectivity index (χ0n) is 19.8. The first-order valence-electron chi connectivity index (χ1n) is 10.6. The molecule has 0 fully saturated rings. The zero-order valence-corrected chi connectivity index (χ0v) is 22.2. The molecular formula is C24H26N4O4S3. The number of nitrogens with zero attached hydrogens (tertiary/aromatic N) is 3. The van der Waals surface area contributed by atoms with Gasteiger partial charge < -0.3 is 10.5 Å². The van der Waals surface area contributed by atoms with Gasteiger partial charge in [0.15, 0.2) is 20.7 Å². The van der Waals surface area contributed by atoms with Crippen LogP contribution < -0.4 is 5.73 Å². The van der Waals surface area contributed by atoms with E-state index < -0.39 is 15.8 Å². The lowest BCUT2D eigenvalue weighted by atomic mass is 10.0. The Labute approximate surface area is 213 Å². The molecular weight excluding hydrogens is 504 g/mol. The number of aliphatic imine (C=N–C) groups is 1. The number of nitrogens with two attached hydrogens (primary N) is 1. The fourth-order valence-corrected chi connectivity index (χ4v) is 4.60. The average molecular weight is 531 g/mol. The topological polar surface area (TPSA) is 125 Å². The van der Waals surface area contributed by atoms with Crippen molar-refractivity contribution < 1.29 is 17.9 Å². The Morgan fingerprint density at radius 3 is 2.66 bits per heavy atom. The molecule has 8 nitrogen and oxygen atoms in total. The molecule has 3 rings (SSSR count). The van der Waals surface area contributed by atoms with Crippen molar-refractivity contribution >= 4 is 50.5 Å². The Morgan fingerprint density at radius 2 is 1.97 bits per heavy atom. The molecule has 0 aliphatic carbocycles. The fraction of sp³-hybridized carbons (Fsp3) is 0.250. The molecule has 0 radical (unpaired) electrons. The van der Waals surface area contributed by atoms with Crippen LogP contribution in [0.5, 0.6) is 0 Å². The molecule has 1 heterocycles. The smallest absolute Gasteiger partial charge is 0.355 e. The minimum atomic E-state index is -3.38. The number of allylic oxidation sites excluding steroid dienone is 1. The molecule has 0 saturated heterocycles. The van der Waals surface area contributed by atoms with Crippen molar-refractivity contribution in [3.63, 3.8) is 0 Å². The lowest BCUT2D eigenvalue weighted by Crippen LogP contribution is -2.16. The number of ether oxygens (including phenoxy) is 1. The molecule has 2 N–H and O–H groups in total. The van der Waals surface area contributed by atoms with Gasteiger partial charge in [0.25, 0.3) is 0 Å². The van der Waals surface area contributed by atoms with E-state index in [0.717, 1.165) is 29.0 Å². The van der Waals surface area contributed by atoms with Crippen LogP contribution in [0.3, 0.4) is 0 Å². The molecule has 0 aliphatic heterocycles. The Balaban J connectivity index is 2.09.